The molecule has 4 aliphatic rings. The van der Waals surface area contributed by atoms with E-state index in [0.29, 0.717) is 23.4 Å². The number of nitrogens with zero attached hydrogens (tertiary/aromatic N) is 1. The maximum atomic E-state index is 11.8. The molecule has 0 aromatic heterocycles. The minimum atomic E-state index is -0.731. The maximum Gasteiger partial charge on any atom is 0.124 e. The minimum Gasteiger partial charge on any atom is -0.507 e. The molecular formula is C27H38BrNO2. The average molecular weight is 489 g/mol. The van der Waals surface area contributed by atoms with Crippen LogP contribution in [0, 0.1) is 34.5 Å². The molecule has 4 aliphatic carbocycles. The first kappa shape index (κ1) is 21.9. The fraction of sp³-hybridized carbons (Fsp3) is 0.741. The molecule has 170 valence electrons. The summed E-state index contributed by atoms with van der Waals surface area (Å²) in [5.41, 5.74) is 0.470. The highest BCUT2D eigenvalue weighted by molar-refractivity contribution is 9.10. The normalized spacial score (nSPS) is 44.6. The molecule has 0 bridgehead atoms. The summed E-state index contributed by atoms with van der Waals surface area (Å²) in [6.45, 7) is 5.41. The molecule has 4 fully saturated rings. The average Bonchev–Trinajstić information content (AvgIpc) is 3.01. The molecule has 0 unspecified atom stereocenters. The molecule has 0 spiro atoms. The number of fused-ring (bicyclic) bond motifs is 5. The molecule has 4 saturated carbocycles. The second-order valence-corrected chi connectivity index (χ2v) is 12.5. The number of halogens is 1. The lowest BCUT2D eigenvalue weighted by Gasteiger charge is -2.61. The molecular weight excluding hydrogens is 450 g/mol. The van der Waals surface area contributed by atoms with Crippen molar-refractivity contribution >= 4 is 22.1 Å². The van der Waals surface area contributed by atoms with Crippen LogP contribution in [0.4, 0.5) is 0 Å². The van der Waals surface area contributed by atoms with Crippen molar-refractivity contribution in [3.8, 4) is 5.75 Å². The van der Waals surface area contributed by atoms with Gasteiger partial charge in [0.1, 0.15) is 5.75 Å². The predicted molar refractivity (Wildman–Crippen MR) is 130 cm³/mol. The van der Waals surface area contributed by atoms with Crippen LogP contribution in [0.25, 0.3) is 0 Å². The Morgan fingerprint density at radius 1 is 1.03 bits per heavy atom. The summed E-state index contributed by atoms with van der Waals surface area (Å²) in [5.74, 6) is 3.44. The Hall–Kier alpha value is -0.870. The molecule has 5 rings (SSSR count). The number of hydrogen-bond donors (Lipinski definition) is 2. The van der Waals surface area contributed by atoms with E-state index in [4.69, 9.17) is 0 Å². The lowest BCUT2D eigenvalue weighted by molar-refractivity contribution is -0.147. The quantitative estimate of drug-likeness (QED) is 0.463. The molecule has 0 heterocycles. The smallest absolute Gasteiger partial charge is 0.124 e. The highest BCUT2D eigenvalue weighted by Crippen LogP contribution is 2.68. The molecule has 0 amide bonds. The van der Waals surface area contributed by atoms with Gasteiger partial charge in [-0.2, -0.15) is 0 Å². The van der Waals surface area contributed by atoms with E-state index in [9.17, 15) is 10.2 Å². The van der Waals surface area contributed by atoms with Crippen molar-refractivity contribution in [3.05, 3.63) is 28.2 Å². The van der Waals surface area contributed by atoms with E-state index < -0.39 is 5.60 Å². The molecule has 0 aliphatic heterocycles. The zero-order valence-corrected chi connectivity index (χ0v) is 20.7. The van der Waals surface area contributed by atoms with Crippen LogP contribution >= 0.6 is 15.9 Å². The largest absolute Gasteiger partial charge is 0.507 e. The maximum absolute atomic E-state index is 11.8. The summed E-state index contributed by atoms with van der Waals surface area (Å²) in [5, 5.41) is 22.0. The molecule has 31 heavy (non-hydrogen) atoms. The van der Waals surface area contributed by atoms with E-state index in [2.05, 4.69) is 34.8 Å². The lowest BCUT2D eigenvalue weighted by atomic mass is 9.44. The van der Waals surface area contributed by atoms with Gasteiger partial charge in [-0.15, -0.1) is 0 Å². The van der Waals surface area contributed by atoms with Gasteiger partial charge in [-0.25, -0.2) is 0 Å². The molecule has 1 aromatic rings. The van der Waals surface area contributed by atoms with Crippen molar-refractivity contribution in [2.24, 2.45) is 39.5 Å². The standard InChI is InChI=1S/C27H38BrNO2/c1-25-12-4-3-5-19(25)6-8-21-22(25)10-13-26(2)23(21)11-14-27(26,31)17-29-16-18-15-20(28)7-9-24(18)30/h7,9,15-16,19,21-23,30-31H,3-6,8,10-14,17H2,1-2H3/t19-,21-,22+,23+,25+,26+,27+/m1/s1. The van der Waals surface area contributed by atoms with E-state index in [1.165, 1.54) is 44.9 Å². The fourth-order valence-electron chi connectivity index (χ4n) is 8.59. The number of phenolic OH excluding ortho intramolecular Hbond substituents is 1. The Kier molecular flexibility index (Phi) is 5.57. The zero-order valence-electron chi connectivity index (χ0n) is 19.1. The van der Waals surface area contributed by atoms with Crippen molar-refractivity contribution in [1.29, 1.82) is 0 Å². The Bertz CT molecular complexity index is 871. The third kappa shape index (κ3) is 3.42. The van der Waals surface area contributed by atoms with Crippen molar-refractivity contribution in [2.75, 3.05) is 6.54 Å². The zero-order chi connectivity index (χ0) is 21.9. The van der Waals surface area contributed by atoms with Gasteiger partial charge in [0.05, 0.1) is 12.1 Å². The third-order valence-corrected chi connectivity index (χ3v) is 11.0. The summed E-state index contributed by atoms with van der Waals surface area (Å²) >= 11 is 3.46. The van der Waals surface area contributed by atoms with Crippen LogP contribution in [-0.2, 0) is 0 Å². The van der Waals surface area contributed by atoms with Crippen LogP contribution in [0.3, 0.4) is 0 Å². The lowest BCUT2D eigenvalue weighted by Crippen LogP contribution is -2.56. The Morgan fingerprint density at radius 2 is 1.84 bits per heavy atom. The summed E-state index contributed by atoms with van der Waals surface area (Å²) in [4.78, 5) is 4.66. The van der Waals surface area contributed by atoms with Gasteiger partial charge in [0, 0.05) is 21.7 Å². The van der Waals surface area contributed by atoms with Crippen molar-refractivity contribution in [3.63, 3.8) is 0 Å². The summed E-state index contributed by atoms with van der Waals surface area (Å²) in [6, 6.07) is 5.37. The number of aromatic hydroxyl groups is 1. The third-order valence-electron chi connectivity index (χ3n) is 10.5. The minimum absolute atomic E-state index is 0.0390. The van der Waals surface area contributed by atoms with E-state index in [0.717, 1.165) is 41.5 Å². The van der Waals surface area contributed by atoms with Gasteiger partial charge >= 0.3 is 0 Å². The van der Waals surface area contributed by atoms with Gasteiger partial charge in [-0.1, -0.05) is 42.6 Å². The number of benzene rings is 1. The monoisotopic (exact) mass is 487 g/mol. The first-order chi connectivity index (χ1) is 14.8. The predicted octanol–water partition coefficient (Wildman–Crippen LogP) is 6.74. The molecule has 3 nitrogen and oxygen atoms in total. The van der Waals surface area contributed by atoms with Crippen molar-refractivity contribution < 1.29 is 10.2 Å². The van der Waals surface area contributed by atoms with Crippen LogP contribution in [0.1, 0.15) is 83.6 Å². The molecule has 2 N–H and O–H groups in total. The topological polar surface area (TPSA) is 52.8 Å². The number of aliphatic hydroxyl groups is 1. The van der Waals surface area contributed by atoms with Crippen molar-refractivity contribution in [1.82, 2.24) is 0 Å². The molecule has 4 heteroatoms. The molecule has 7 atom stereocenters. The van der Waals surface area contributed by atoms with Gasteiger partial charge in [0.15, 0.2) is 0 Å². The second kappa shape index (κ2) is 7.87. The van der Waals surface area contributed by atoms with E-state index >= 15 is 0 Å². The van der Waals surface area contributed by atoms with Crippen LogP contribution < -0.4 is 0 Å². The van der Waals surface area contributed by atoms with Crippen LogP contribution in [0.2, 0.25) is 0 Å². The summed E-state index contributed by atoms with van der Waals surface area (Å²) in [7, 11) is 0. The van der Waals surface area contributed by atoms with E-state index in [1.54, 1.807) is 12.3 Å². The van der Waals surface area contributed by atoms with E-state index in [-0.39, 0.29) is 11.2 Å². The van der Waals surface area contributed by atoms with Gasteiger partial charge in [-0.05, 0) is 98.7 Å². The molecule has 1 aromatic carbocycles. The SMILES string of the molecule is C[C@]12CCCC[C@@H]1CC[C@@H]1[C@@H]2CC[C@@]2(C)[C@H]1CC[C@]2(O)CN=Cc1cc(Br)ccc1O. The highest BCUT2D eigenvalue weighted by Gasteiger charge is 2.64. The molecule has 0 radical (unpaired) electrons. The summed E-state index contributed by atoms with van der Waals surface area (Å²) in [6.07, 6.45) is 14.7. The second-order valence-electron chi connectivity index (χ2n) is 11.6. The number of rotatable bonds is 3. The fourth-order valence-corrected chi connectivity index (χ4v) is 8.97. The van der Waals surface area contributed by atoms with Gasteiger partial charge in [-0.3, -0.25) is 4.99 Å². The van der Waals surface area contributed by atoms with Crippen LogP contribution in [-0.4, -0.2) is 28.6 Å². The number of hydrogen-bond acceptors (Lipinski definition) is 3. The van der Waals surface area contributed by atoms with Crippen molar-refractivity contribution in [2.45, 2.75) is 83.7 Å². The first-order valence-electron chi connectivity index (χ1n) is 12.5. The Morgan fingerprint density at radius 3 is 2.68 bits per heavy atom. The van der Waals surface area contributed by atoms with Gasteiger partial charge < -0.3 is 10.2 Å². The Labute approximate surface area is 195 Å². The van der Waals surface area contributed by atoms with Crippen LogP contribution in [0.5, 0.6) is 5.75 Å². The number of aliphatic imine (C=N–C) groups is 1. The number of phenols is 1. The van der Waals surface area contributed by atoms with E-state index in [1.807, 2.05) is 12.1 Å². The van der Waals surface area contributed by atoms with Gasteiger partial charge in [0.2, 0.25) is 0 Å². The highest BCUT2D eigenvalue weighted by atomic mass is 79.9. The van der Waals surface area contributed by atoms with Crippen LogP contribution in [0.15, 0.2) is 27.7 Å². The summed E-state index contributed by atoms with van der Waals surface area (Å²) < 4.78 is 0.920. The first-order valence-corrected chi connectivity index (χ1v) is 13.3. The Balaban J connectivity index is 1.35. The molecule has 0 saturated heterocycles. The van der Waals surface area contributed by atoms with Gasteiger partial charge in [0.25, 0.3) is 0 Å².